The average molecular weight is 473 g/mol. The Hall–Kier alpha value is -4.60. The predicted octanol–water partition coefficient (Wildman–Crippen LogP) is 4.66. The Morgan fingerprint density at radius 2 is 1.91 bits per heavy atom. The van der Waals surface area contributed by atoms with Gasteiger partial charge in [-0.05, 0) is 44.0 Å². The van der Waals surface area contributed by atoms with Gasteiger partial charge in [0.05, 0.1) is 22.2 Å². The summed E-state index contributed by atoms with van der Waals surface area (Å²) in [5.41, 5.74) is 2.94. The van der Waals surface area contributed by atoms with Gasteiger partial charge in [-0.1, -0.05) is 41.6 Å². The number of aliphatic imine (C=N–C) groups is 1. The molecule has 2 aromatic heterocycles. The van der Waals surface area contributed by atoms with E-state index >= 15 is 0 Å². The van der Waals surface area contributed by atoms with Gasteiger partial charge in [-0.25, -0.2) is 9.79 Å². The van der Waals surface area contributed by atoms with Crippen LogP contribution in [-0.4, -0.2) is 31.8 Å². The molecule has 2 aromatic carbocycles. The molecule has 5 rings (SSSR count). The van der Waals surface area contributed by atoms with E-state index in [9.17, 15) is 19.7 Å². The van der Waals surface area contributed by atoms with E-state index in [4.69, 9.17) is 4.52 Å². The lowest BCUT2D eigenvalue weighted by Gasteiger charge is -2.14. The fourth-order valence-corrected chi connectivity index (χ4v) is 4.06. The maximum Gasteiger partial charge on any atom is 0.327 e. The highest BCUT2D eigenvalue weighted by molar-refractivity contribution is 5.92. The first-order chi connectivity index (χ1) is 16.8. The van der Waals surface area contributed by atoms with Gasteiger partial charge in [0.2, 0.25) is 5.91 Å². The molecule has 0 spiro atoms. The topological polar surface area (TPSA) is 136 Å². The molecule has 0 saturated carbocycles. The molecule has 0 radical (unpaired) electrons. The van der Waals surface area contributed by atoms with Crippen LogP contribution in [0.2, 0.25) is 0 Å². The summed E-state index contributed by atoms with van der Waals surface area (Å²) < 4.78 is 6.76. The number of nitro benzene ring substituents is 1. The van der Waals surface area contributed by atoms with Gasteiger partial charge in [-0.15, -0.1) is 0 Å². The molecular formula is C25H23N5O5. The number of aromatic nitrogens is 3. The number of aryl methyl sites for hydroxylation is 2. The molecule has 10 nitrogen and oxygen atoms in total. The number of nitro groups is 1. The lowest BCUT2D eigenvalue weighted by molar-refractivity contribution is -0.383. The number of rotatable bonds is 4. The molecule has 1 aliphatic rings. The summed E-state index contributed by atoms with van der Waals surface area (Å²) in [6.07, 6.45) is 5.53. The van der Waals surface area contributed by atoms with Crippen LogP contribution in [0, 0.1) is 24.0 Å². The van der Waals surface area contributed by atoms with Crippen LogP contribution in [-0.2, 0) is 4.79 Å². The van der Waals surface area contributed by atoms with Crippen molar-refractivity contribution in [3.8, 4) is 11.1 Å². The summed E-state index contributed by atoms with van der Waals surface area (Å²) in [4.78, 5) is 40.3. The minimum atomic E-state index is -0.489. The van der Waals surface area contributed by atoms with Crippen LogP contribution in [0.15, 0.2) is 68.9 Å². The van der Waals surface area contributed by atoms with Gasteiger partial charge in [0.15, 0.2) is 0 Å². The smallest absolute Gasteiger partial charge is 0.327 e. The third-order valence-corrected chi connectivity index (χ3v) is 5.73. The van der Waals surface area contributed by atoms with Crippen LogP contribution in [0.5, 0.6) is 0 Å². The average Bonchev–Trinajstić information content (AvgIpc) is 3.36. The van der Waals surface area contributed by atoms with Crippen molar-refractivity contribution in [1.29, 1.82) is 0 Å². The van der Waals surface area contributed by atoms with Gasteiger partial charge in [0.25, 0.3) is 5.69 Å². The summed E-state index contributed by atoms with van der Waals surface area (Å²) in [6, 6.07) is 12.4. The third-order valence-electron chi connectivity index (χ3n) is 5.73. The number of hydrogen-bond donors (Lipinski definition) is 1. The molecule has 178 valence electrons. The molecule has 4 aromatic rings. The Kier molecular flexibility index (Phi) is 6.54. The minimum absolute atomic E-state index is 0.0532. The van der Waals surface area contributed by atoms with E-state index in [1.165, 1.54) is 12.3 Å². The minimum Gasteiger partial charge on any atom is -0.361 e. The summed E-state index contributed by atoms with van der Waals surface area (Å²) in [6.45, 7) is 5.42. The second kappa shape index (κ2) is 9.72. The normalized spacial score (nSPS) is 13.5. The van der Waals surface area contributed by atoms with Gasteiger partial charge in [-0.3, -0.25) is 24.5 Å². The quantitative estimate of drug-likeness (QED) is 0.338. The fraction of sp³-hybridized carbons (Fsp3) is 0.200. The van der Waals surface area contributed by atoms with Crippen molar-refractivity contribution in [2.45, 2.75) is 33.2 Å². The van der Waals surface area contributed by atoms with Crippen molar-refractivity contribution in [3.05, 3.63) is 92.2 Å². The second-order valence-electron chi connectivity index (χ2n) is 8.04. The third kappa shape index (κ3) is 4.72. The first-order valence-corrected chi connectivity index (χ1v) is 10.9. The first kappa shape index (κ1) is 23.6. The number of nitrogens with zero attached hydrogens (tertiary/aromatic N) is 4. The molecule has 0 aliphatic carbocycles. The highest BCUT2D eigenvalue weighted by atomic mass is 16.6. The summed E-state index contributed by atoms with van der Waals surface area (Å²) in [7, 11) is 0. The molecule has 1 N–H and O–H groups in total. The number of H-pyrrole nitrogens is 1. The Labute approximate surface area is 199 Å². The molecule has 0 unspecified atom stereocenters. The van der Waals surface area contributed by atoms with E-state index in [1.54, 1.807) is 36.6 Å². The van der Waals surface area contributed by atoms with Crippen LogP contribution < -0.4 is 5.69 Å². The monoisotopic (exact) mass is 473 g/mol. The zero-order chi connectivity index (χ0) is 25.1. The van der Waals surface area contributed by atoms with Crippen LogP contribution in [0.1, 0.15) is 36.4 Å². The lowest BCUT2D eigenvalue weighted by atomic mass is 10.0. The number of non-ortho nitro benzene ring substituents is 1. The molecule has 1 amide bonds. The number of imidazole rings is 1. The molecule has 35 heavy (non-hydrogen) atoms. The maximum atomic E-state index is 12.7. The number of carbonyl (C=O) groups is 1. The van der Waals surface area contributed by atoms with E-state index in [0.29, 0.717) is 34.5 Å². The second-order valence-corrected chi connectivity index (χ2v) is 8.04. The number of aromatic amines is 1. The van der Waals surface area contributed by atoms with Crippen molar-refractivity contribution < 1.29 is 14.2 Å². The van der Waals surface area contributed by atoms with Gasteiger partial charge in [0.1, 0.15) is 11.3 Å². The largest absolute Gasteiger partial charge is 0.361 e. The van der Waals surface area contributed by atoms with Gasteiger partial charge in [-0.2, -0.15) is 0 Å². The summed E-state index contributed by atoms with van der Waals surface area (Å²) in [5, 5.41) is 15.6. The Morgan fingerprint density at radius 1 is 1.17 bits per heavy atom. The van der Waals surface area contributed by atoms with E-state index in [2.05, 4.69) is 15.1 Å². The molecule has 0 saturated heterocycles. The Bertz CT molecular complexity index is 1510. The standard InChI is InChI=1S/C20H18N4O4.C5H5NO/c1-11-18(13(3)28-22-11)15-9-16-19(17(10-15)24(26)27)21-20(25)23(16)12(2)14-7-5-4-6-8-14;7-5-3-1-2-4-6-5/h4-10,12H,1-3H3,(H,21,25);1-2,4H,3H2/t12-;/m0./s1. The molecule has 1 aliphatic heterocycles. The lowest BCUT2D eigenvalue weighted by Crippen LogP contribution is -2.21. The zero-order valence-corrected chi connectivity index (χ0v) is 19.4. The number of hydrogen-bond acceptors (Lipinski definition) is 6. The first-order valence-electron chi connectivity index (χ1n) is 10.9. The predicted molar refractivity (Wildman–Crippen MR) is 132 cm³/mol. The van der Waals surface area contributed by atoms with Crippen LogP contribution in [0.25, 0.3) is 22.2 Å². The molecule has 10 heteroatoms. The molecule has 1 atom stereocenters. The molecule has 3 heterocycles. The molecular weight excluding hydrogens is 450 g/mol. The van der Waals surface area contributed by atoms with Crippen LogP contribution in [0.4, 0.5) is 5.69 Å². The number of amides is 1. The highest BCUT2D eigenvalue weighted by Gasteiger charge is 2.24. The number of nitrogens with one attached hydrogen (secondary N) is 1. The van der Waals surface area contributed by atoms with E-state index in [-0.39, 0.29) is 23.2 Å². The van der Waals surface area contributed by atoms with Crippen LogP contribution in [0.3, 0.4) is 0 Å². The summed E-state index contributed by atoms with van der Waals surface area (Å²) >= 11 is 0. The van der Waals surface area contributed by atoms with Gasteiger partial charge < -0.3 is 4.52 Å². The van der Waals surface area contributed by atoms with E-state index < -0.39 is 10.6 Å². The fourth-order valence-electron chi connectivity index (χ4n) is 4.06. The van der Waals surface area contributed by atoms with Gasteiger partial charge in [0, 0.05) is 24.3 Å². The number of allylic oxidation sites excluding steroid dienone is 1. The van der Waals surface area contributed by atoms with Crippen molar-refractivity contribution in [3.63, 3.8) is 0 Å². The Balaban J connectivity index is 0.000000356. The van der Waals surface area contributed by atoms with Crippen molar-refractivity contribution in [1.82, 2.24) is 14.7 Å². The number of fused-ring (bicyclic) bond motifs is 1. The number of carbonyl (C=O) groups excluding carboxylic acids is 1. The number of benzene rings is 2. The van der Waals surface area contributed by atoms with Crippen molar-refractivity contribution >= 4 is 28.8 Å². The molecule has 0 fully saturated rings. The number of dihydropyridines is 1. The van der Waals surface area contributed by atoms with Crippen LogP contribution >= 0.6 is 0 Å². The van der Waals surface area contributed by atoms with E-state index in [1.807, 2.05) is 37.3 Å². The zero-order valence-electron chi connectivity index (χ0n) is 19.4. The Morgan fingerprint density at radius 3 is 2.46 bits per heavy atom. The highest BCUT2D eigenvalue weighted by Crippen LogP contribution is 2.35. The molecule has 0 bridgehead atoms. The van der Waals surface area contributed by atoms with Crippen molar-refractivity contribution in [2.24, 2.45) is 4.99 Å². The van der Waals surface area contributed by atoms with E-state index in [0.717, 1.165) is 5.56 Å². The van der Waals surface area contributed by atoms with Crippen molar-refractivity contribution in [2.75, 3.05) is 0 Å². The maximum absolute atomic E-state index is 12.7. The summed E-state index contributed by atoms with van der Waals surface area (Å²) in [5.74, 6) is 0.509. The van der Waals surface area contributed by atoms with Gasteiger partial charge >= 0.3 is 5.69 Å². The SMILES string of the molecule is Cc1noc(C)c1-c1cc([N+](=O)[O-])c2[nH]c(=O)n([C@@H](C)c3ccccc3)c2c1.O=C1CC=CC=N1.